The second kappa shape index (κ2) is 5.74. The SMILES string of the molecule is CN(CCc1ccc2c(c1)CCC(=O)N2C)C(=O)Br. The van der Waals surface area contributed by atoms with E-state index < -0.39 is 0 Å². The van der Waals surface area contributed by atoms with Crippen LogP contribution in [0.25, 0.3) is 0 Å². The van der Waals surface area contributed by atoms with Gasteiger partial charge in [-0.15, -0.1) is 0 Å². The average Bonchev–Trinajstić information content (AvgIpc) is 2.40. The molecule has 4 nitrogen and oxygen atoms in total. The first-order valence-corrected chi connectivity index (χ1v) is 7.07. The highest BCUT2D eigenvalue weighted by Crippen LogP contribution is 2.27. The second-order valence-corrected chi connectivity index (χ2v) is 5.52. The van der Waals surface area contributed by atoms with Crippen molar-refractivity contribution in [3.05, 3.63) is 29.3 Å². The molecule has 1 heterocycles. The van der Waals surface area contributed by atoms with E-state index in [1.807, 2.05) is 19.2 Å². The number of rotatable bonds is 3. The lowest BCUT2D eigenvalue weighted by molar-refractivity contribution is -0.118. The van der Waals surface area contributed by atoms with Gasteiger partial charge < -0.3 is 9.80 Å². The van der Waals surface area contributed by atoms with E-state index in [0.29, 0.717) is 13.0 Å². The minimum absolute atomic E-state index is 0.101. The maximum atomic E-state index is 11.6. The summed E-state index contributed by atoms with van der Waals surface area (Å²) in [5.74, 6) is 0.171. The number of fused-ring (bicyclic) bond motifs is 1. The number of hydrogen-bond donors (Lipinski definition) is 0. The normalized spacial score (nSPS) is 14.3. The molecular formula is C14H17BrN2O2. The lowest BCUT2D eigenvalue weighted by Crippen LogP contribution is -2.31. The van der Waals surface area contributed by atoms with Gasteiger partial charge in [0, 0.05) is 48.7 Å². The van der Waals surface area contributed by atoms with Gasteiger partial charge in [-0.1, -0.05) is 12.1 Å². The predicted molar refractivity (Wildman–Crippen MR) is 78.8 cm³/mol. The Labute approximate surface area is 121 Å². The summed E-state index contributed by atoms with van der Waals surface area (Å²) in [5.41, 5.74) is 3.42. The first-order chi connectivity index (χ1) is 8.99. The maximum absolute atomic E-state index is 11.6. The predicted octanol–water partition coefficient (Wildman–Crippen LogP) is 2.58. The van der Waals surface area contributed by atoms with E-state index in [-0.39, 0.29) is 10.7 Å². The topological polar surface area (TPSA) is 40.6 Å². The third-order valence-corrected chi connectivity index (χ3v) is 4.13. The van der Waals surface area contributed by atoms with E-state index >= 15 is 0 Å². The molecule has 0 spiro atoms. The Morgan fingerprint density at radius 3 is 2.84 bits per heavy atom. The number of hydrogen-bond acceptors (Lipinski definition) is 2. The lowest BCUT2D eigenvalue weighted by Gasteiger charge is -2.26. The Bertz CT molecular complexity index is 516. The molecular weight excluding hydrogens is 308 g/mol. The van der Waals surface area contributed by atoms with Crippen molar-refractivity contribution in [3.63, 3.8) is 0 Å². The number of halogens is 1. The third-order valence-electron chi connectivity index (χ3n) is 3.52. The number of nitrogens with zero attached hydrogens (tertiary/aromatic N) is 2. The maximum Gasteiger partial charge on any atom is 0.289 e. The van der Waals surface area contributed by atoms with Gasteiger partial charge in [-0.2, -0.15) is 0 Å². The van der Waals surface area contributed by atoms with Gasteiger partial charge in [-0.25, -0.2) is 0 Å². The highest BCUT2D eigenvalue weighted by molar-refractivity contribution is 9.18. The monoisotopic (exact) mass is 324 g/mol. The molecule has 1 aromatic carbocycles. The number of benzene rings is 1. The number of carbonyl (C=O) groups excluding carboxylic acids is 2. The van der Waals surface area contributed by atoms with Crippen LogP contribution in [0.4, 0.5) is 10.5 Å². The fourth-order valence-corrected chi connectivity index (χ4v) is 2.43. The Hall–Kier alpha value is -1.36. The molecule has 1 aromatic rings. The van der Waals surface area contributed by atoms with Crippen LogP contribution in [-0.2, 0) is 17.6 Å². The summed E-state index contributed by atoms with van der Waals surface area (Å²) in [6, 6.07) is 6.17. The second-order valence-electron chi connectivity index (χ2n) is 4.84. The van der Waals surface area contributed by atoms with Crippen molar-refractivity contribution in [3.8, 4) is 0 Å². The van der Waals surface area contributed by atoms with Crippen LogP contribution in [0.5, 0.6) is 0 Å². The summed E-state index contributed by atoms with van der Waals surface area (Å²) < 4.78 is 0. The molecule has 2 amide bonds. The Morgan fingerprint density at radius 2 is 2.16 bits per heavy atom. The standard InChI is InChI=1S/C14H17BrN2O2/c1-16(14(15)19)8-7-10-3-5-12-11(9-10)4-6-13(18)17(12)2/h3,5,9H,4,6-8H2,1-2H3. The molecule has 0 atom stereocenters. The lowest BCUT2D eigenvalue weighted by atomic mass is 9.98. The van der Waals surface area contributed by atoms with Crippen LogP contribution in [0.15, 0.2) is 18.2 Å². The minimum atomic E-state index is -0.101. The Morgan fingerprint density at radius 1 is 1.42 bits per heavy atom. The molecule has 0 saturated heterocycles. The molecule has 1 aliphatic rings. The van der Waals surface area contributed by atoms with Crippen LogP contribution in [0.1, 0.15) is 17.5 Å². The van der Waals surface area contributed by atoms with Gasteiger partial charge in [0.1, 0.15) is 0 Å². The van der Waals surface area contributed by atoms with Gasteiger partial charge >= 0.3 is 0 Å². The van der Waals surface area contributed by atoms with Crippen molar-refractivity contribution in [1.82, 2.24) is 4.90 Å². The van der Waals surface area contributed by atoms with E-state index in [2.05, 4.69) is 22.0 Å². The summed E-state index contributed by atoms with van der Waals surface area (Å²) in [4.78, 5) is 25.9. The highest BCUT2D eigenvalue weighted by Gasteiger charge is 2.20. The van der Waals surface area contributed by atoms with Crippen molar-refractivity contribution in [1.29, 1.82) is 0 Å². The van der Waals surface area contributed by atoms with E-state index in [0.717, 1.165) is 18.5 Å². The van der Waals surface area contributed by atoms with Crippen molar-refractivity contribution >= 4 is 32.3 Å². The molecule has 1 aliphatic heterocycles. The van der Waals surface area contributed by atoms with Gasteiger partial charge in [0.25, 0.3) is 4.82 Å². The van der Waals surface area contributed by atoms with E-state index in [9.17, 15) is 9.59 Å². The summed E-state index contributed by atoms with van der Waals surface area (Å²) in [6.45, 7) is 0.678. The van der Waals surface area contributed by atoms with Gasteiger partial charge in [0.15, 0.2) is 0 Å². The molecule has 0 N–H and O–H groups in total. The largest absolute Gasteiger partial charge is 0.336 e. The molecule has 0 unspecified atom stereocenters. The van der Waals surface area contributed by atoms with E-state index in [4.69, 9.17) is 0 Å². The third kappa shape index (κ3) is 3.15. The first kappa shape index (κ1) is 14.1. The van der Waals surface area contributed by atoms with Crippen LogP contribution in [0, 0.1) is 0 Å². The van der Waals surface area contributed by atoms with Crippen LogP contribution < -0.4 is 4.90 Å². The molecule has 19 heavy (non-hydrogen) atoms. The van der Waals surface area contributed by atoms with Crippen LogP contribution in [0.3, 0.4) is 0 Å². The van der Waals surface area contributed by atoms with Gasteiger partial charge in [0.2, 0.25) is 5.91 Å². The van der Waals surface area contributed by atoms with Crippen molar-refractivity contribution in [2.75, 3.05) is 25.5 Å². The number of likely N-dealkylation sites (N-methyl/N-ethyl adjacent to an activating group) is 1. The summed E-state index contributed by atoms with van der Waals surface area (Å²) in [6.07, 6.45) is 2.20. The quantitative estimate of drug-likeness (QED) is 0.633. The smallest absolute Gasteiger partial charge is 0.289 e. The molecule has 0 saturated carbocycles. The van der Waals surface area contributed by atoms with Gasteiger partial charge in [-0.05, 0) is 30.0 Å². The Kier molecular flexibility index (Phi) is 4.24. The average molecular weight is 325 g/mol. The Balaban J connectivity index is 2.09. The molecule has 0 aromatic heterocycles. The fraction of sp³-hybridized carbons (Fsp3) is 0.429. The van der Waals surface area contributed by atoms with E-state index in [1.165, 1.54) is 11.1 Å². The summed E-state index contributed by atoms with van der Waals surface area (Å²) in [7, 11) is 3.58. The van der Waals surface area contributed by atoms with Gasteiger partial charge in [-0.3, -0.25) is 9.59 Å². The van der Waals surface area contributed by atoms with Crippen molar-refractivity contribution in [2.45, 2.75) is 19.3 Å². The number of aryl methyl sites for hydroxylation is 1. The summed E-state index contributed by atoms with van der Waals surface area (Å²) in [5, 5.41) is 0. The number of carbonyl (C=O) groups is 2. The zero-order valence-corrected chi connectivity index (χ0v) is 12.7. The van der Waals surface area contributed by atoms with E-state index in [1.54, 1.807) is 16.8 Å². The molecule has 0 bridgehead atoms. The highest BCUT2D eigenvalue weighted by atomic mass is 79.9. The number of amides is 2. The zero-order valence-electron chi connectivity index (χ0n) is 11.1. The van der Waals surface area contributed by atoms with Crippen molar-refractivity contribution in [2.24, 2.45) is 0 Å². The van der Waals surface area contributed by atoms with Crippen LogP contribution >= 0.6 is 15.9 Å². The molecule has 0 fully saturated rings. The number of anilines is 1. The molecule has 0 radical (unpaired) electrons. The molecule has 5 heteroatoms. The molecule has 0 aliphatic carbocycles. The fourth-order valence-electron chi connectivity index (χ4n) is 2.25. The van der Waals surface area contributed by atoms with Crippen LogP contribution in [0.2, 0.25) is 0 Å². The molecule has 102 valence electrons. The van der Waals surface area contributed by atoms with Gasteiger partial charge in [0.05, 0.1) is 0 Å². The van der Waals surface area contributed by atoms with Crippen molar-refractivity contribution < 1.29 is 9.59 Å². The minimum Gasteiger partial charge on any atom is -0.336 e. The molecule has 2 rings (SSSR count). The zero-order chi connectivity index (χ0) is 14.0. The van der Waals surface area contributed by atoms with Crippen LogP contribution in [-0.4, -0.2) is 36.3 Å². The first-order valence-electron chi connectivity index (χ1n) is 6.28. The summed E-state index contributed by atoms with van der Waals surface area (Å²) >= 11 is 2.93.